The van der Waals surface area contributed by atoms with Crippen molar-refractivity contribution in [1.29, 1.82) is 0 Å². The van der Waals surface area contributed by atoms with Crippen molar-refractivity contribution in [2.75, 3.05) is 26.6 Å². The predicted molar refractivity (Wildman–Crippen MR) is 83.2 cm³/mol. The molecule has 1 spiro atoms. The van der Waals surface area contributed by atoms with Gasteiger partial charge in [0.2, 0.25) is 5.75 Å². The van der Waals surface area contributed by atoms with E-state index in [4.69, 9.17) is 22.8 Å². The van der Waals surface area contributed by atoms with Crippen LogP contribution >= 0.6 is 12.0 Å². The Labute approximate surface area is 136 Å². The molecule has 0 radical (unpaired) electrons. The first-order valence-corrected chi connectivity index (χ1v) is 8.01. The second kappa shape index (κ2) is 5.24. The fraction of sp³-hybridized carbons (Fsp3) is 0.400. The second-order valence-corrected chi connectivity index (χ2v) is 6.08. The van der Waals surface area contributed by atoms with E-state index in [9.17, 15) is 4.79 Å². The van der Waals surface area contributed by atoms with Crippen molar-refractivity contribution in [1.82, 2.24) is 5.32 Å². The van der Waals surface area contributed by atoms with E-state index in [2.05, 4.69) is 5.32 Å². The lowest BCUT2D eigenvalue weighted by Crippen LogP contribution is -2.59. The third-order valence-corrected chi connectivity index (χ3v) is 4.93. The molecule has 23 heavy (non-hydrogen) atoms. The molecule has 1 aromatic heterocycles. The van der Waals surface area contributed by atoms with Crippen molar-refractivity contribution < 1.29 is 27.6 Å². The molecule has 7 nitrogen and oxygen atoms in total. The number of carbonyl (C=O) groups is 1. The topological polar surface area (TPSA) is 79.2 Å². The maximum atomic E-state index is 12.8. The molecule has 1 atom stereocenters. The van der Waals surface area contributed by atoms with Crippen LogP contribution in [-0.2, 0) is 4.18 Å². The van der Waals surface area contributed by atoms with Crippen molar-refractivity contribution >= 4 is 28.9 Å². The zero-order chi connectivity index (χ0) is 16.0. The molecule has 122 valence electrons. The van der Waals surface area contributed by atoms with Gasteiger partial charge in [0, 0.05) is 6.42 Å². The van der Waals surface area contributed by atoms with Crippen LogP contribution in [0.4, 0.5) is 0 Å². The van der Waals surface area contributed by atoms with E-state index in [0.29, 0.717) is 52.6 Å². The van der Waals surface area contributed by atoms with Crippen LogP contribution in [0.1, 0.15) is 16.8 Å². The third-order valence-electron chi connectivity index (χ3n) is 4.02. The highest BCUT2D eigenvalue weighted by molar-refractivity contribution is 7.94. The van der Waals surface area contributed by atoms with Gasteiger partial charge in [-0.25, -0.2) is 0 Å². The standard InChI is InChI=1S/C15H15NO6S/c1-18-10-8-3-5-20-11(8)13(19-2)12-9(10)14(17)16-15(22-12)4-6-21-23-7-15/h3,5H,4,6-7H2,1-2H3,(H,16,17). The number of furan rings is 1. The highest BCUT2D eigenvalue weighted by Crippen LogP contribution is 2.49. The first-order valence-electron chi connectivity index (χ1n) is 7.10. The number of rotatable bonds is 2. The van der Waals surface area contributed by atoms with E-state index in [0.717, 1.165) is 0 Å². The molecule has 2 aromatic rings. The number of hydrogen-bond donors (Lipinski definition) is 1. The summed E-state index contributed by atoms with van der Waals surface area (Å²) in [7, 11) is 3.03. The van der Waals surface area contributed by atoms with Gasteiger partial charge >= 0.3 is 0 Å². The van der Waals surface area contributed by atoms with Crippen LogP contribution in [0.3, 0.4) is 0 Å². The molecule has 3 heterocycles. The van der Waals surface area contributed by atoms with Gasteiger partial charge in [0.25, 0.3) is 5.91 Å². The van der Waals surface area contributed by atoms with E-state index < -0.39 is 5.72 Å². The van der Waals surface area contributed by atoms with E-state index >= 15 is 0 Å². The van der Waals surface area contributed by atoms with Gasteiger partial charge in [-0.15, -0.1) is 0 Å². The molecule has 1 fully saturated rings. The average Bonchev–Trinajstić information content (AvgIpc) is 3.02. The maximum absolute atomic E-state index is 12.8. The number of hydrogen-bond acceptors (Lipinski definition) is 7. The number of ether oxygens (including phenoxy) is 3. The van der Waals surface area contributed by atoms with Crippen LogP contribution in [-0.4, -0.2) is 38.2 Å². The Morgan fingerprint density at radius 2 is 2.13 bits per heavy atom. The van der Waals surface area contributed by atoms with Crippen molar-refractivity contribution in [2.45, 2.75) is 12.1 Å². The SMILES string of the molecule is COc1c2c(c(OC)c3occc13)OC1(CCOSC1)NC2=O. The first-order chi connectivity index (χ1) is 11.2. The third kappa shape index (κ3) is 2.05. The Morgan fingerprint density at radius 1 is 1.30 bits per heavy atom. The molecule has 4 rings (SSSR count). The maximum Gasteiger partial charge on any atom is 0.262 e. The van der Waals surface area contributed by atoms with Gasteiger partial charge in [-0.05, 0) is 18.1 Å². The minimum absolute atomic E-state index is 0.257. The summed E-state index contributed by atoms with van der Waals surface area (Å²) in [5, 5.41) is 3.61. The van der Waals surface area contributed by atoms with Crippen LogP contribution in [0, 0.1) is 0 Å². The highest BCUT2D eigenvalue weighted by atomic mass is 32.2. The predicted octanol–water partition coefficient (Wildman–Crippen LogP) is 2.34. The van der Waals surface area contributed by atoms with Crippen LogP contribution in [0.5, 0.6) is 17.2 Å². The van der Waals surface area contributed by atoms with Gasteiger partial charge in [0.1, 0.15) is 11.3 Å². The summed E-state index contributed by atoms with van der Waals surface area (Å²) < 4.78 is 27.9. The Hall–Kier alpha value is -2.06. The molecule has 0 saturated carbocycles. The summed E-state index contributed by atoms with van der Waals surface area (Å²) in [5.41, 5.74) is -0.000937. The number of methoxy groups -OCH3 is 2. The van der Waals surface area contributed by atoms with E-state index in [1.54, 1.807) is 6.07 Å². The van der Waals surface area contributed by atoms with Crippen molar-refractivity contribution in [3.8, 4) is 17.2 Å². The molecule has 1 amide bonds. The zero-order valence-electron chi connectivity index (χ0n) is 12.6. The minimum atomic E-state index is -0.814. The van der Waals surface area contributed by atoms with Crippen LogP contribution in [0.15, 0.2) is 16.7 Å². The molecule has 1 unspecified atom stereocenters. The normalized spacial score (nSPS) is 23.3. The molecular formula is C15H15NO6S. The van der Waals surface area contributed by atoms with Crippen molar-refractivity contribution in [3.63, 3.8) is 0 Å². The van der Waals surface area contributed by atoms with Gasteiger partial charge in [-0.3, -0.25) is 4.79 Å². The molecule has 1 aromatic carbocycles. The highest BCUT2D eigenvalue weighted by Gasteiger charge is 2.45. The largest absolute Gasteiger partial charge is 0.495 e. The minimum Gasteiger partial charge on any atom is -0.495 e. The summed E-state index contributed by atoms with van der Waals surface area (Å²) >= 11 is 1.27. The number of fused-ring (bicyclic) bond motifs is 2. The Morgan fingerprint density at radius 3 is 2.83 bits per heavy atom. The Bertz CT molecular complexity index is 780. The van der Waals surface area contributed by atoms with Crippen LogP contribution in [0.2, 0.25) is 0 Å². The van der Waals surface area contributed by atoms with E-state index in [1.807, 2.05) is 0 Å². The Kier molecular flexibility index (Phi) is 3.31. The quantitative estimate of drug-likeness (QED) is 0.843. The fourth-order valence-corrected chi connectivity index (χ4v) is 3.71. The lowest BCUT2D eigenvalue weighted by molar-refractivity contribution is 0.0120. The number of amides is 1. The van der Waals surface area contributed by atoms with Crippen LogP contribution in [0.25, 0.3) is 11.0 Å². The summed E-state index contributed by atoms with van der Waals surface area (Å²) in [6.07, 6.45) is 2.08. The van der Waals surface area contributed by atoms with Gasteiger partial charge in [-0.2, -0.15) is 0 Å². The van der Waals surface area contributed by atoms with Crippen molar-refractivity contribution in [2.24, 2.45) is 0 Å². The molecule has 0 aliphatic carbocycles. The summed E-state index contributed by atoms with van der Waals surface area (Å²) in [6, 6.07) is 1.74. The molecule has 1 saturated heterocycles. The first kappa shape index (κ1) is 14.5. The number of nitrogens with one attached hydrogen (secondary N) is 1. The average molecular weight is 337 g/mol. The molecular weight excluding hydrogens is 322 g/mol. The monoisotopic (exact) mass is 337 g/mol. The molecule has 2 aliphatic heterocycles. The van der Waals surface area contributed by atoms with Gasteiger partial charge in [0.05, 0.1) is 38.2 Å². The number of carbonyl (C=O) groups excluding carboxylic acids is 1. The second-order valence-electron chi connectivity index (χ2n) is 5.32. The van der Waals surface area contributed by atoms with Gasteiger partial charge in [0.15, 0.2) is 17.1 Å². The molecule has 1 N–H and O–H groups in total. The smallest absolute Gasteiger partial charge is 0.262 e. The molecule has 8 heteroatoms. The molecule has 2 aliphatic rings. The van der Waals surface area contributed by atoms with E-state index in [-0.39, 0.29) is 5.91 Å². The lowest BCUT2D eigenvalue weighted by Gasteiger charge is -2.41. The van der Waals surface area contributed by atoms with Gasteiger partial charge in [-0.1, -0.05) is 0 Å². The number of benzene rings is 1. The van der Waals surface area contributed by atoms with Crippen LogP contribution < -0.4 is 19.5 Å². The van der Waals surface area contributed by atoms with E-state index in [1.165, 1.54) is 32.5 Å². The Balaban J connectivity index is 1.96. The summed E-state index contributed by atoms with van der Waals surface area (Å²) in [4.78, 5) is 12.8. The zero-order valence-corrected chi connectivity index (χ0v) is 13.5. The fourth-order valence-electron chi connectivity index (χ4n) is 2.96. The van der Waals surface area contributed by atoms with Gasteiger partial charge < -0.3 is 28.1 Å². The lowest BCUT2D eigenvalue weighted by atomic mass is 10.0. The van der Waals surface area contributed by atoms with Crippen molar-refractivity contribution in [3.05, 3.63) is 17.9 Å². The summed E-state index contributed by atoms with van der Waals surface area (Å²) in [6.45, 7) is 0.489. The molecule has 0 bridgehead atoms. The summed E-state index contributed by atoms with van der Waals surface area (Å²) in [5.74, 6) is 1.38.